The molecule has 1 fully saturated rings. The normalized spacial score (nSPS) is 17.8. The zero-order valence-electron chi connectivity index (χ0n) is 21.6. The second kappa shape index (κ2) is 10.5. The highest BCUT2D eigenvalue weighted by Gasteiger charge is 2.46. The van der Waals surface area contributed by atoms with E-state index in [1.165, 1.54) is 0 Å². The number of carbonyl (C=O) groups is 2. The van der Waals surface area contributed by atoms with Crippen molar-refractivity contribution in [2.45, 2.75) is 39.2 Å². The predicted molar refractivity (Wildman–Crippen MR) is 140 cm³/mol. The van der Waals surface area contributed by atoms with Gasteiger partial charge in [-0.05, 0) is 61.3 Å². The van der Waals surface area contributed by atoms with Gasteiger partial charge in [0.1, 0.15) is 18.1 Å². The number of carbonyl (C=O) groups excluding carboxylic acids is 2. The van der Waals surface area contributed by atoms with Crippen molar-refractivity contribution in [3.8, 4) is 5.75 Å². The molecule has 0 aliphatic carbocycles. The molecular weight excluding hydrogens is 440 g/mol. The standard InChI is InChI=1S/C29H36N2O4/c1-8-17-35-22-13-14-23(19(2)18-22)26(32)24-25(20-9-11-21(12-10-20)29(3,4)5)31(16-15-30(6)7)28(34)27(24)33/h8-14,18,25,32H,1,15-17H2,2-7H3/b26-24+. The summed E-state index contributed by atoms with van der Waals surface area (Å²) < 4.78 is 5.59. The minimum absolute atomic E-state index is 0.0300. The van der Waals surface area contributed by atoms with E-state index >= 15 is 0 Å². The van der Waals surface area contributed by atoms with Gasteiger partial charge in [0.15, 0.2) is 0 Å². The fraction of sp³-hybridized carbons (Fsp3) is 0.379. The maximum absolute atomic E-state index is 13.2. The summed E-state index contributed by atoms with van der Waals surface area (Å²) in [6.45, 7) is 13.2. The zero-order chi connectivity index (χ0) is 25.9. The third-order valence-corrected chi connectivity index (χ3v) is 6.24. The quantitative estimate of drug-likeness (QED) is 0.256. The smallest absolute Gasteiger partial charge is 0.295 e. The first-order valence-corrected chi connectivity index (χ1v) is 11.8. The number of nitrogens with zero attached hydrogens (tertiary/aromatic N) is 2. The Balaban J connectivity index is 2.12. The van der Waals surface area contributed by atoms with Crippen LogP contribution in [0.15, 0.2) is 60.7 Å². The molecule has 1 saturated heterocycles. The zero-order valence-corrected chi connectivity index (χ0v) is 21.6. The fourth-order valence-corrected chi connectivity index (χ4v) is 4.22. The van der Waals surface area contributed by atoms with Crippen LogP contribution in [0.1, 0.15) is 49.1 Å². The van der Waals surface area contributed by atoms with Crippen LogP contribution >= 0.6 is 0 Å². The monoisotopic (exact) mass is 476 g/mol. The number of ketones is 1. The summed E-state index contributed by atoms with van der Waals surface area (Å²) in [7, 11) is 3.84. The maximum Gasteiger partial charge on any atom is 0.295 e. The highest BCUT2D eigenvalue weighted by atomic mass is 16.5. The molecule has 6 nitrogen and oxygen atoms in total. The van der Waals surface area contributed by atoms with Crippen molar-refractivity contribution in [1.82, 2.24) is 9.80 Å². The number of aliphatic hydroxyl groups is 1. The Bertz CT molecular complexity index is 1140. The lowest BCUT2D eigenvalue weighted by atomic mass is 9.85. The first kappa shape index (κ1) is 26.2. The van der Waals surface area contributed by atoms with Gasteiger partial charge in [-0.15, -0.1) is 0 Å². The molecule has 6 heteroatoms. The molecule has 186 valence electrons. The maximum atomic E-state index is 13.2. The average molecular weight is 477 g/mol. The van der Waals surface area contributed by atoms with Gasteiger partial charge >= 0.3 is 0 Å². The summed E-state index contributed by atoms with van der Waals surface area (Å²) in [5.74, 6) is -0.799. The SMILES string of the molecule is C=CCOc1ccc(/C(O)=C2\C(=O)C(=O)N(CCN(C)C)C2c2ccc(C(C)(C)C)cc2)c(C)c1. The largest absolute Gasteiger partial charge is 0.507 e. The van der Waals surface area contributed by atoms with Gasteiger partial charge < -0.3 is 19.6 Å². The average Bonchev–Trinajstić information content (AvgIpc) is 3.05. The molecule has 3 rings (SSSR count). The number of Topliss-reactive ketones (excluding diaryl/α,β-unsaturated/α-hetero) is 1. The van der Waals surface area contributed by atoms with Crippen molar-refractivity contribution in [3.05, 3.63) is 82.9 Å². The summed E-state index contributed by atoms with van der Waals surface area (Å²) in [5, 5.41) is 11.4. The number of rotatable bonds is 8. The van der Waals surface area contributed by atoms with Gasteiger partial charge in [-0.3, -0.25) is 9.59 Å². The minimum Gasteiger partial charge on any atom is -0.507 e. The first-order valence-electron chi connectivity index (χ1n) is 11.8. The number of hydrogen-bond acceptors (Lipinski definition) is 5. The molecule has 1 N–H and O–H groups in total. The van der Waals surface area contributed by atoms with Gasteiger partial charge in [-0.25, -0.2) is 0 Å². The third-order valence-electron chi connectivity index (χ3n) is 6.24. The van der Waals surface area contributed by atoms with Crippen molar-refractivity contribution in [3.63, 3.8) is 0 Å². The van der Waals surface area contributed by atoms with Crippen LogP contribution in [0.4, 0.5) is 0 Å². The molecule has 0 saturated carbocycles. The van der Waals surface area contributed by atoms with Crippen LogP contribution in [0.2, 0.25) is 0 Å². The Morgan fingerprint density at radius 2 is 1.80 bits per heavy atom. The molecule has 0 aromatic heterocycles. The number of hydrogen-bond donors (Lipinski definition) is 1. The topological polar surface area (TPSA) is 70.1 Å². The number of amides is 1. The van der Waals surface area contributed by atoms with E-state index in [0.717, 1.165) is 16.7 Å². The highest BCUT2D eigenvalue weighted by Crippen LogP contribution is 2.40. The summed E-state index contributed by atoms with van der Waals surface area (Å²) in [4.78, 5) is 29.9. The van der Waals surface area contributed by atoms with Crippen molar-refractivity contribution in [2.24, 2.45) is 0 Å². The number of likely N-dealkylation sites (tertiary alicyclic amines) is 1. The Morgan fingerprint density at radius 1 is 1.14 bits per heavy atom. The summed E-state index contributed by atoms with van der Waals surface area (Å²) in [6.07, 6.45) is 1.66. The van der Waals surface area contributed by atoms with E-state index < -0.39 is 17.7 Å². The third kappa shape index (κ3) is 5.65. The molecule has 2 aromatic carbocycles. The molecule has 1 heterocycles. The number of aliphatic hydroxyl groups excluding tert-OH is 1. The van der Waals surface area contributed by atoms with Gasteiger partial charge in [0.2, 0.25) is 0 Å². The van der Waals surface area contributed by atoms with Crippen molar-refractivity contribution < 1.29 is 19.4 Å². The lowest BCUT2D eigenvalue weighted by Gasteiger charge is -2.27. The van der Waals surface area contributed by atoms with E-state index in [4.69, 9.17) is 4.74 Å². The number of ether oxygens (including phenoxy) is 1. The number of benzene rings is 2. The minimum atomic E-state index is -0.669. The van der Waals surface area contributed by atoms with Crippen LogP contribution in [0.5, 0.6) is 5.75 Å². The molecular formula is C29H36N2O4. The second-order valence-corrected chi connectivity index (χ2v) is 10.2. The predicted octanol–water partition coefficient (Wildman–Crippen LogP) is 4.84. The molecule has 1 aliphatic heterocycles. The Hall–Kier alpha value is -3.38. The molecule has 1 aliphatic rings. The Morgan fingerprint density at radius 3 is 2.34 bits per heavy atom. The molecule has 0 radical (unpaired) electrons. The summed E-state index contributed by atoms with van der Waals surface area (Å²) in [5.41, 5.74) is 3.26. The van der Waals surface area contributed by atoms with Gasteiger partial charge in [0.25, 0.3) is 11.7 Å². The van der Waals surface area contributed by atoms with Gasteiger partial charge in [0.05, 0.1) is 11.6 Å². The summed E-state index contributed by atoms with van der Waals surface area (Å²) >= 11 is 0. The molecule has 0 bridgehead atoms. The highest BCUT2D eigenvalue weighted by molar-refractivity contribution is 6.46. The van der Waals surface area contributed by atoms with Crippen LogP contribution in [0.25, 0.3) is 5.76 Å². The lowest BCUT2D eigenvalue weighted by Crippen LogP contribution is -2.35. The molecule has 0 spiro atoms. The van der Waals surface area contributed by atoms with Crippen LogP contribution in [0, 0.1) is 6.92 Å². The first-order chi connectivity index (χ1) is 16.5. The van der Waals surface area contributed by atoms with Crippen LogP contribution in [-0.4, -0.2) is 60.4 Å². The fourth-order valence-electron chi connectivity index (χ4n) is 4.22. The van der Waals surface area contributed by atoms with Crippen LogP contribution in [0.3, 0.4) is 0 Å². The van der Waals surface area contributed by atoms with E-state index in [0.29, 0.717) is 31.0 Å². The van der Waals surface area contributed by atoms with Gasteiger partial charge in [-0.1, -0.05) is 57.7 Å². The molecule has 1 amide bonds. The lowest BCUT2D eigenvalue weighted by molar-refractivity contribution is -0.140. The molecule has 35 heavy (non-hydrogen) atoms. The van der Waals surface area contributed by atoms with Crippen LogP contribution in [-0.2, 0) is 15.0 Å². The van der Waals surface area contributed by atoms with Crippen molar-refractivity contribution in [2.75, 3.05) is 33.8 Å². The van der Waals surface area contributed by atoms with E-state index in [9.17, 15) is 14.7 Å². The summed E-state index contributed by atoms with van der Waals surface area (Å²) in [6, 6.07) is 12.5. The van der Waals surface area contributed by atoms with E-state index in [-0.39, 0.29) is 16.7 Å². The van der Waals surface area contributed by atoms with Gasteiger partial charge in [-0.2, -0.15) is 0 Å². The second-order valence-electron chi connectivity index (χ2n) is 10.2. The van der Waals surface area contributed by atoms with E-state index in [1.807, 2.05) is 50.2 Å². The van der Waals surface area contributed by atoms with E-state index in [2.05, 4.69) is 27.4 Å². The number of aryl methyl sites for hydroxylation is 1. The van der Waals surface area contributed by atoms with Gasteiger partial charge in [0, 0.05) is 18.7 Å². The van der Waals surface area contributed by atoms with Crippen molar-refractivity contribution in [1.29, 1.82) is 0 Å². The molecule has 2 aromatic rings. The molecule has 1 unspecified atom stereocenters. The Labute approximate surface area is 208 Å². The Kier molecular flexibility index (Phi) is 7.86. The van der Waals surface area contributed by atoms with Crippen molar-refractivity contribution >= 4 is 17.4 Å². The van der Waals surface area contributed by atoms with E-state index in [1.54, 1.807) is 29.2 Å². The molecule has 1 atom stereocenters. The number of likely N-dealkylation sites (N-methyl/N-ethyl adjacent to an activating group) is 1. The van der Waals surface area contributed by atoms with Crippen LogP contribution < -0.4 is 4.74 Å².